The molecule has 0 unspecified atom stereocenters. The van der Waals surface area contributed by atoms with Gasteiger partial charge in [-0.3, -0.25) is 0 Å². The number of fused-ring (bicyclic) bond motifs is 12. The molecular formula is C115H104N4+4. The van der Waals surface area contributed by atoms with E-state index in [0.717, 1.165) is 48.2 Å². The first-order valence-corrected chi connectivity index (χ1v) is 41.9. The van der Waals surface area contributed by atoms with Gasteiger partial charge in [0.25, 0.3) is 0 Å². The normalized spacial score (nSPS) is 13.8. The number of aryl methyl sites for hydroxylation is 6. The molecule has 16 aromatic carbocycles. The molecular weight excluding hydrogens is 1440 g/mol. The van der Waals surface area contributed by atoms with Gasteiger partial charge in [-0.25, -0.2) is 18.3 Å². The summed E-state index contributed by atoms with van der Waals surface area (Å²) in [6, 6.07) is 88.0. The van der Waals surface area contributed by atoms with Crippen LogP contribution in [0.3, 0.4) is 0 Å². The minimum absolute atomic E-state index is 0. The van der Waals surface area contributed by atoms with E-state index in [-0.39, 0.29) is 7.43 Å². The molecule has 4 aromatic heterocycles. The summed E-state index contributed by atoms with van der Waals surface area (Å²) in [5.41, 5.74) is 29.3. The van der Waals surface area contributed by atoms with E-state index in [1.165, 1.54) is 235 Å². The fraction of sp³-hybridized carbons (Fsp3) is 0.200. The predicted octanol–water partition coefficient (Wildman–Crippen LogP) is 27.4. The number of pyridine rings is 4. The third kappa shape index (κ3) is 11.8. The molecule has 0 aliphatic heterocycles. The molecule has 0 atom stereocenters. The molecule has 0 N–H and O–H groups in total. The van der Waals surface area contributed by atoms with Crippen molar-refractivity contribution in [2.45, 2.75) is 121 Å². The lowest BCUT2D eigenvalue weighted by Crippen LogP contribution is -2.31. The van der Waals surface area contributed by atoms with Gasteiger partial charge in [0, 0.05) is 78.5 Å². The molecule has 4 heteroatoms. The Morgan fingerprint density at radius 2 is 0.630 bits per heavy atom. The van der Waals surface area contributed by atoms with Crippen LogP contribution in [0.5, 0.6) is 0 Å². The summed E-state index contributed by atoms with van der Waals surface area (Å²) < 4.78 is 58.0. The first kappa shape index (κ1) is 68.3. The highest BCUT2D eigenvalue weighted by Crippen LogP contribution is 2.52. The van der Waals surface area contributed by atoms with E-state index >= 15 is 0 Å². The van der Waals surface area contributed by atoms with Crippen LogP contribution in [0, 0.1) is 46.9 Å². The first-order valence-electron chi connectivity index (χ1n) is 44.9. The molecule has 0 saturated heterocycles. The average molecular weight is 1550 g/mol. The zero-order valence-electron chi connectivity index (χ0n) is 76.0. The Labute approximate surface area is 708 Å². The zero-order valence-corrected chi connectivity index (χ0v) is 70.0. The van der Waals surface area contributed by atoms with Crippen molar-refractivity contribution in [2.24, 2.45) is 33.6 Å². The summed E-state index contributed by atoms with van der Waals surface area (Å²) in [6.07, 6.45) is 10.5. The van der Waals surface area contributed by atoms with Crippen molar-refractivity contribution >= 4 is 129 Å². The number of hydrogen-bond acceptors (Lipinski definition) is 0. The third-order valence-corrected chi connectivity index (χ3v) is 26.9. The quantitative estimate of drug-likeness (QED) is 0.116. The van der Waals surface area contributed by atoms with E-state index in [9.17, 15) is 0 Å². The van der Waals surface area contributed by atoms with Crippen LogP contribution >= 0.6 is 0 Å². The van der Waals surface area contributed by atoms with E-state index in [2.05, 4.69) is 306 Å². The minimum Gasteiger partial charge on any atom is -0.201 e. The highest BCUT2D eigenvalue weighted by Gasteiger charge is 2.32. The lowest BCUT2D eigenvalue weighted by atomic mass is 9.87. The van der Waals surface area contributed by atoms with Gasteiger partial charge >= 0.3 is 0 Å². The van der Waals surface area contributed by atoms with Gasteiger partial charge in [0.15, 0.2) is 24.8 Å². The number of rotatable bonds is 6. The van der Waals surface area contributed by atoms with Crippen LogP contribution in [0.15, 0.2) is 267 Å². The van der Waals surface area contributed by atoms with E-state index in [0.29, 0.717) is 5.56 Å². The smallest absolute Gasteiger partial charge is 0.201 e. The maximum atomic E-state index is 8.85. The molecule has 4 nitrogen and oxygen atoms in total. The molecule has 0 bridgehead atoms. The van der Waals surface area contributed by atoms with Crippen LogP contribution in [0.2, 0.25) is 0 Å². The number of hydrogen-bond donors (Lipinski definition) is 0. The largest absolute Gasteiger partial charge is 0.212 e. The molecule has 0 saturated carbocycles. The van der Waals surface area contributed by atoms with Crippen molar-refractivity contribution in [3.05, 3.63) is 356 Å². The lowest BCUT2D eigenvalue weighted by molar-refractivity contribution is -0.660. The zero-order chi connectivity index (χ0) is 86.0. The maximum absolute atomic E-state index is 8.85. The highest BCUT2D eigenvalue weighted by molar-refractivity contribution is 6.33. The van der Waals surface area contributed by atoms with Gasteiger partial charge in [-0.05, 0) is 328 Å². The summed E-state index contributed by atoms with van der Waals surface area (Å²) in [6.45, 7) is 18.9. The van der Waals surface area contributed by atoms with Gasteiger partial charge in [0.2, 0.25) is 22.8 Å². The van der Waals surface area contributed by atoms with Gasteiger partial charge in [-0.2, -0.15) is 0 Å². The highest BCUT2D eigenvalue weighted by atomic mass is 14.9. The second-order valence-electron chi connectivity index (χ2n) is 35.4. The average Bonchev–Trinajstić information content (AvgIpc) is 1.56. The SMILES string of the molecule is C.Cc1cc[n+](C)c(-c2cc3c4ccccc4c4cccc5c4c3c(c2C)C5)c1.[2H]C(C)(C)c1cc[n+](C)c(-c2cc3c4ccccc4c4cccc5c4c3c(c2C)C5)c1.[2H]C([2H])([2H])c1ccc(-c2cc3c4ccccc4c4cccc5c4c3c(c2C)C5)[n+](C)c1.[2H]C([2H])(c1cc[n+](C)c(-c2cc3c4ccccc4c4cccc5c4c3c(c2C)C5)c1)C(C)(C)C. The summed E-state index contributed by atoms with van der Waals surface area (Å²) in [4.78, 5) is 0. The van der Waals surface area contributed by atoms with Gasteiger partial charge in [0.05, 0.1) is 0 Å². The topological polar surface area (TPSA) is 15.5 Å². The molecule has 0 radical (unpaired) electrons. The fourth-order valence-corrected chi connectivity index (χ4v) is 21.3. The van der Waals surface area contributed by atoms with Crippen LogP contribution < -0.4 is 18.3 Å². The predicted molar refractivity (Wildman–Crippen MR) is 506 cm³/mol. The second kappa shape index (κ2) is 28.2. The van der Waals surface area contributed by atoms with Gasteiger partial charge in [-0.1, -0.05) is 212 Å². The Bertz CT molecular complexity index is 8130. The Morgan fingerprint density at radius 1 is 0.319 bits per heavy atom. The number of nitrogens with zero attached hydrogens (tertiary/aromatic N) is 4. The van der Waals surface area contributed by atoms with Crippen LogP contribution in [-0.4, -0.2) is 0 Å². The van der Waals surface area contributed by atoms with Crippen molar-refractivity contribution < 1.29 is 26.5 Å². The lowest BCUT2D eigenvalue weighted by Gasteiger charge is -2.18. The van der Waals surface area contributed by atoms with Crippen LogP contribution in [0.1, 0.15) is 145 Å². The molecule has 0 amide bonds. The molecule has 4 aliphatic carbocycles. The van der Waals surface area contributed by atoms with Crippen LogP contribution in [0.4, 0.5) is 0 Å². The first-order chi connectivity index (χ1) is 59.4. The van der Waals surface area contributed by atoms with Crippen molar-refractivity contribution in [3.63, 3.8) is 0 Å². The van der Waals surface area contributed by atoms with Crippen LogP contribution in [0.25, 0.3) is 174 Å². The monoisotopic (exact) mass is 1550 g/mol. The Balaban J connectivity index is 0.000000105. The molecule has 580 valence electrons. The van der Waals surface area contributed by atoms with E-state index in [1.54, 1.807) is 12.3 Å². The van der Waals surface area contributed by atoms with E-state index in [4.69, 9.17) is 8.22 Å². The second-order valence-corrected chi connectivity index (χ2v) is 35.4. The van der Waals surface area contributed by atoms with E-state index in [1.807, 2.05) is 64.6 Å². The summed E-state index contributed by atoms with van der Waals surface area (Å²) in [5.74, 6) is -0.625. The number of benzene rings is 16. The summed E-state index contributed by atoms with van der Waals surface area (Å²) >= 11 is 0. The van der Waals surface area contributed by atoms with Gasteiger partial charge < -0.3 is 0 Å². The molecule has 24 rings (SSSR count). The molecule has 0 fully saturated rings. The fourth-order valence-electron chi connectivity index (χ4n) is 21.3. The Hall–Kier alpha value is -12.8. The van der Waals surface area contributed by atoms with Crippen LogP contribution in [-0.2, 0) is 60.2 Å². The molecule has 4 aliphatic rings. The molecule has 4 heterocycles. The standard InChI is InChI=1S/C31H30N.C29H26N.2C27H22N.CH4/c1-19-25(28-15-20(13-14-32(28)5)18-31(2,3)4)17-27-23-11-7-6-10-22(23)24-12-8-9-21-16-26(19)30(27)29(21)24;1-17(2)19-12-13-30(4)27(15-19)24-16-26-22-10-6-5-9-21(22)23-11-7-8-20-14-25(18(24)3)29(26)28(20)23;1-16-11-12-25(28(3)15-16)22-14-24-20-9-5-4-8-19(20)21-10-6-7-18-13-23(17(22)2)27(24)26(18)21;1-16-11-12-28(3)25(13-16)22-15-24-20-9-5-4-8-19(20)21-10-6-7-18-14-23(17(22)2)27(24)26(18)21;/h6-15,17H,16,18H2,1-5H3;5-13,15-17H,14H2,1-4H3;4-12,14-15H,13H2,1-3H3;4-13,15H,14H2,1-3H3;1H4/q4*+1;/i18D2;17D;1D3;;. The maximum Gasteiger partial charge on any atom is 0.212 e. The molecule has 0 spiro atoms. The van der Waals surface area contributed by atoms with Crippen molar-refractivity contribution in [1.29, 1.82) is 0 Å². The van der Waals surface area contributed by atoms with Crippen molar-refractivity contribution in [3.8, 4) is 45.0 Å². The van der Waals surface area contributed by atoms with Gasteiger partial charge in [0.1, 0.15) is 28.2 Å². The van der Waals surface area contributed by atoms with Crippen molar-refractivity contribution in [2.75, 3.05) is 0 Å². The minimum atomic E-state index is -2.10. The Kier molecular flexibility index (Phi) is 16.2. The van der Waals surface area contributed by atoms with Crippen molar-refractivity contribution in [1.82, 2.24) is 0 Å². The molecule has 119 heavy (non-hydrogen) atoms. The Morgan fingerprint density at radius 3 is 0.966 bits per heavy atom. The number of aromatic nitrogens is 4. The summed E-state index contributed by atoms with van der Waals surface area (Å²) in [7, 11) is 8.25. The van der Waals surface area contributed by atoms with E-state index < -0.39 is 24.5 Å². The summed E-state index contributed by atoms with van der Waals surface area (Å²) in [5, 5.41) is 32.7. The molecule has 20 aromatic rings. The third-order valence-electron chi connectivity index (χ3n) is 26.9. The van der Waals surface area contributed by atoms with Gasteiger partial charge in [-0.15, -0.1) is 0 Å².